The maximum Gasteiger partial charge on any atom is 0.262 e. The van der Waals surface area contributed by atoms with Crippen molar-refractivity contribution in [1.82, 2.24) is 4.90 Å². The maximum absolute atomic E-state index is 13.1. The largest absolute Gasteiger partial charge is 0.369 e. The first kappa shape index (κ1) is 26.1. The molecule has 0 unspecified atom stereocenters. The smallest absolute Gasteiger partial charge is 0.262 e. The molecule has 1 N–H and O–H groups in total. The number of nitrogens with one attached hydrogen (secondary N) is 1. The van der Waals surface area contributed by atoms with Gasteiger partial charge in [-0.3, -0.25) is 4.79 Å². The molecule has 0 spiro atoms. The Labute approximate surface area is 231 Å². The van der Waals surface area contributed by atoms with Crippen LogP contribution in [-0.4, -0.2) is 52.5 Å². The molecule has 0 aromatic heterocycles. The van der Waals surface area contributed by atoms with E-state index in [-0.39, 0.29) is 16.6 Å². The number of halogens is 2. The van der Waals surface area contributed by atoms with Gasteiger partial charge in [-0.05, 0) is 61.2 Å². The van der Waals surface area contributed by atoms with Crippen LogP contribution in [0.15, 0.2) is 75.4 Å². The molecular weight excluding hydrogens is 549 g/mol. The lowest BCUT2D eigenvalue weighted by atomic mass is 10.1. The lowest BCUT2D eigenvalue weighted by molar-refractivity contribution is -0.112. The van der Waals surface area contributed by atoms with Crippen LogP contribution in [-0.2, 0) is 20.4 Å². The van der Waals surface area contributed by atoms with Crippen LogP contribution < -0.4 is 10.2 Å². The van der Waals surface area contributed by atoms with Gasteiger partial charge in [0.05, 0.1) is 21.2 Å². The minimum absolute atomic E-state index is 0.0926. The first-order valence-corrected chi connectivity index (χ1v) is 15.0. The first-order valence-electron chi connectivity index (χ1n) is 11.7. The number of amides is 1. The monoisotopic (exact) mass is 573 g/mol. The Morgan fingerprint density at radius 1 is 0.973 bits per heavy atom. The summed E-state index contributed by atoms with van der Waals surface area (Å²) in [6, 6.07) is 17.8. The molecular formula is C27H25Cl2N3O3S2. The van der Waals surface area contributed by atoms with Gasteiger partial charge in [-0.2, -0.15) is 0 Å². The van der Waals surface area contributed by atoms with Gasteiger partial charge >= 0.3 is 0 Å². The van der Waals surface area contributed by atoms with Crippen molar-refractivity contribution in [3.63, 3.8) is 0 Å². The van der Waals surface area contributed by atoms with Gasteiger partial charge in [-0.25, -0.2) is 8.42 Å². The molecule has 2 heterocycles. The van der Waals surface area contributed by atoms with E-state index in [0.29, 0.717) is 26.2 Å². The predicted molar refractivity (Wildman–Crippen MR) is 152 cm³/mol. The molecule has 192 valence electrons. The number of hydrogen-bond donors (Lipinski definition) is 1. The van der Waals surface area contributed by atoms with E-state index >= 15 is 0 Å². The zero-order valence-corrected chi connectivity index (χ0v) is 23.2. The van der Waals surface area contributed by atoms with E-state index in [1.807, 2.05) is 18.2 Å². The van der Waals surface area contributed by atoms with Crippen molar-refractivity contribution in [2.75, 3.05) is 43.4 Å². The average Bonchev–Trinajstić information content (AvgIpc) is 2.87. The molecule has 5 rings (SSSR count). The number of carbonyl (C=O) groups excluding carboxylic acids is 1. The van der Waals surface area contributed by atoms with Crippen LogP contribution in [0.4, 0.5) is 11.4 Å². The molecule has 0 atom stereocenters. The lowest BCUT2D eigenvalue weighted by Crippen LogP contribution is -2.44. The summed E-state index contributed by atoms with van der Waals surface area (Å²) in [5.41, 5.74) is 2.91. The number of likely N-dealkylation sites (N-methyl/N-ethyl adjacent to an activating group) is 1. The fourth-order valence-corrected chi connectivity index (χ4v) is 7.33. The fraction of sp³-hybridized carbons (Fsp3) is 0.222. The number of anilines is 2. The normalized spacial score (nSPS) is 17.5. The standard InChI is InChI=1S/C27H25Cl2N3O3S2/c1-31-11-13-32(14-12-31)19-7-5-18(6-8-19)15-26-27(33)30-24-16-20(9-10-25(24)36-26)37(34,35)17-21-22(28)3-2-4-23(21)29/h2-10,15-16H,11-14,17H2,1H3,(H,30,33)/b26-15+. The molecule has 37 heavy (non-hydrogen) atoms. The van der Waals surface area contributed by atoms with E-state index < -0.39 is 9.84 Å². The minimum atomic E-state index is -3.74. The number of fused-ring (bicyclic) bond motifs is 1. The summed E-state index contributed by atoms with van der Waals surface area (Å²) in [6.07, 6.45) is 1.85. The van der Waals surface area contributed by atoms with Crippen molar-refractivity contribution in [3.8, 4) is 0 Å². The van der Waals surface area contributed by atoms with Gasteiger partial charge in [0.2, 0.25) is 0 Å². The summed E-state index contributed by atoms with van der Waals surface area (Å²) in [5.74, 6) is -0.606. The third kappa shape index (κ3) is 5.84. The van der Waals surface area contributed by atoms with Crippen LogP contribution in [0, 0.1) is 0 Å². The van der Waals surface area contributed by atoms with Crippen molar-refractivity contribution < 1.29 is 13.2 Å². The second-order valence-electron chi connectivity index (χ2n) is 9.06. The molecule has 2 aliphatic rings. The predicted octanol–water partition coefficient (Wildman–Crippen LogP) is 5.80. The van der Waals surface area contributed by atoms with Crippen LogP contribution in [0.2, 0.25) is 10.0 Å². The third-order valence-corrected chi connectivity index (χ3v) is 9.91. The Hall–Kier alpha value is -2.49. The molecule has 0 saturated carbocycles. The zero-order valence-electron chi connectivity index (χ0n) is 20.1. The van der Waals surface area contributed by atoms with Gasteiger partial charge in [0.15, 0.2) is 9.84 Å². The van der Waals surface area contributed by atoms with Gasteiger partial charge < -0.3 is 15.1 Å². The van der Waals surface area contributed by atoms with Crippen molar-refractivity contribution in [2.24, 2.45) is 0 Å². The molecule has 2 aliphatic heterocycles. The summed E-state index contributed by atoms with van der Waals surface area (Å²) in [7, 11) is -1.61. The second-order valence-corrected chi connectivity index (χ2v) is 13.0. The number of thioether (sulfide) groups is 1. The summed E-state index contributed by atoms with van der Waals surface area (Å²) >= 11 is 13.7. The second kappa shape index (κ2) is 10.7. The maximum atomic E-state index is 13.1. The van der Waals surface area contributed by atoms with Crippen LogP contribution in [0.3, 0.4) is 0 Å². The Kier molecular flexibility index (Phi) is 7.56. The van der Waals surface area contributed by atoms with Crippen LogP contribution in [0.5, 0.6) is 0 Å². The SMILES string of the molecule is CN1CCN(c2ccc(/C=C3/Sc4ccc(S(=O)(=O)Cc5c(Cl)cccc5Cl)cc4NC3=O)cc2)CC1. The highest BCUT2D eigenvalue weighted by Gasteiger charge is 2.25. The number of benzene rings is 3. The lowest BCUT2D eigenvalue weighted by Gasteiger charge is -2.34. The Bertz CT molecular complexity index is 1460. The summed E-state index contributed by atoms with van der Waals surface area (Å²) < 4.78 is 26.2. The van der Waals surface area contributed by atoms with Crippen molar-refractivity contribution in [3.05, 3.63) is 86.7 Å². The zero-order chi connectivity index (χ0) is 26.2. The fourth-order valence-electron chi connectivity index (χ4n) is 4.27. The number of hydrogen-bond acceptors (Lipinski definition) is 6. The van der Waals surface area contributed by atoms with Gasteiger partial charge in [-0.1, -0.05) is 53.2 Å². The molecule has 0 bridgehead atoms. The highest BCUT2D eigenvalue weighted by molar-refractivity contribution is 8.04. The van der Waals surface area contributed by atoms with E-state index in [0.717, 1.165) is 36.6 Å². The van der Waals surface area contributed by atoms with E-state index in [2.05, 4.69) is 34.3 Å². The van der Waals surface area contributed by atoms with Gasteiger partial charge in [-0.15, -0.1) is 0 Å². The third-order valence-electron chi connectivity index (χ3n) is 6.46. The summed E-state index contributed by atoms with van der Waals surface area (Å²) in [5, 5.41) is 3.43. The van der Waals surface area contributed by atoms with Gasteiger partial charge in [0.25, 0.3) is 5.91 Å². The molecule has 0 aliphatic carbocycles. The number of carbonyl (C=O) groups is 1. The topological polar surface area (TPSA) is 69.7 Å². The number of piperazine rings is 1. The number of rotatable bonds is 5. The van der Waals surface area contributed by atoms with E-state index in [1.54, 1.807) is 30.3 Å². The summed E-state index contributed by atoms with van der Waals surface area (Å²) in [4.78, 5) is 18.9. The van der Waals surface area contributed by atoms with Gasteiger partial charge in [0, 0.05) is 52.4 Å². The molecule has 10 heteroatoms. The van der Waals surface area contributed by atoms with Crippen molar-refractivity contribution in [1.29, 1.82) is 0 Å². The highest BCUT2D eigenvalue weighted by atomic mass is 35.5. The number of sulfone groups is 1. The molecule has 3 aromatic rings. The van der Waals surface area contributed by atoms with E-state index in [1.165, 1.54) is 23.5 Å². The molecule has 3 aromatic carbocycles. The van der Waals surface area contributed by atoms with Crippen molar-refractivity contribution in [2.45, 2.75) is 15.5 Å². The Balaban J connectivity index is 1.33. The minimum Gasteiger partial charge on any atom is -0.369 e. The van der Waals surface area contributed by atoms with Crippen LogP contribution in [0.1, 0.15) is 11.1 Å². The molecule has 1 amide bonds. The average molecular weight is 575 g/mol. The molecule has 0 radical (unpaired) electrons. The van der Waals surface area contributed by atoms with E-state index in [9.17, 15) is 13.2 Å². The first-order chi connectivity index (χ1) is 17.7. The number of nitrogens with zero attached hydrogens (tertiary/aromatic N) is 2. The van der Waals surface area contributed by atoms with E-state index in [4.69, 9.17) is 23.2 Å². The Morgan fingerprint density at radius 3 is 2.32 bits per heavy atom. The van der Waals surface area contributed by atoms with Crippen molar-refractivity contribution >= 4 is 68.2 Å². The Morgan fingerprint density at radius 2 is 1.65 bits per heavy atom. The van der Waals surface area contributed by atoms with Crippen LogP contribution in [0.25, 0.3) is 6.08 Å². The summed E-state index contributed by atoms with van der Waals surface area (Å²) in [6.45, 7) is 4.07. The molecule has 1 saturated heterocycles. The van der Waals surface area contributed by atoms with Gasteiger partial charge in [0.1, 0.15) is 0 Å². The van der Waals surface area contributed by atoms with Crippen LogP contribution >= 0.6 is 35.0 Å². The molecule has 6 nitrogen and oxygen atoms in total. The molecule has 1 fully saturated rings. The highest BCUT2D eigenvalue weighted by Crippen LogP contribution is 2.40. The quantitative estimate of drug-likeness (QED) is 0.389.